The van der Waals surface area contributed by atoms with Crippen LogP contribution in [0.2, 0.25) is 0 Å². The Bertz CT molecular complexity index is 259. The summed E-state index contributed by atoms with van der Waals surface area (Å²) in [6.45, 7) is 4.23. The maximum absolute atomic E-state index is 4.91. The lowest BCUT2D eigenvalue weighted by atomic mass is 10.5. The minimum atomic E-state index is 0.719. The van der Waals surface area contributed by atoms with Gasteiger partial charge in [0.15, 0.2) is 0 Å². The van der Waals surface area contributed by atoms with Gasteiger partial charge in [-0.15, -0.1) is 10.2 Å². The average molecular weight is 184 g/mol. The summed E-state index contributed by atoms with van der Waals surface area (Å²) in [7, 11) is 3.65. The van der Waals surface area contributed by atoms with Crippen LogP contribution in [0.1, 0.15) is 11.6 Å². The van der Waals surface area contributed by atoms with E-state index in [0.29, 0.717) is 0 Å². The van der Waals surface area contributed by atoms with Crippen molar-refractivity contribution in [3.05, 3.63) is 11.6 Å². The van der Waals surface area contributed by atoms with Crippen molar-refractivity contribution < 1.29 is 4.74 Å². The second kappa shape index (κ2) is 4.94. The van der Waals surface area contributed by atoms with Gasteiger partial charge in [-0.2, -0.15) is 0 Å². The third kappa shape index (κ3) is 2.78. The third-order valence-electron chi connectivity index (χ3n) is 1.95. The van der Waals surface area contributed by atoms with Crippen LogP contribution in [0, 0.1) is 6.92 Å². The molecule has 5 heteroatoms. The summed E-state index contributed by atoms with van der Waals surface area (Å²) >= 11 is 0. The molecule has 13 heavy (non-hydrogen) atoms. The van der Waals surface area contributed by atoms with Gasteiger partial charge in [0.1, 0.15) is 11.6 Å². The van der Waals surface area contributed by atoms with Gasteiger partial charge in [-0.3, -0.25) is 0 Å². The number of ether oxygens (including phenoxy) is 1. The first-order chi connectivity index (χ1) is 6.25. The molecule has 1 heterocycles. The van der Waals surface area contributed by atoms with Crippen molar-refractivity contribution in [2.75, 3.05) is 20.3 Å². The van der Waals surface area contributed by atoms with E-state index < -0.39 is 0 Å². The molecule has 0 bridgehead atoms. The van der Waals surface area contributed by atoms with Crippen molar-refractivity contribution in [2.24, 2.45) is 7.05 Å². The number of aryl methyl sites for hydroxylation is 1. The summed E-state index contributed by atoms with van der Waals surface area (Å²) in [5, 5.41) is 11.2. The zero-order chi connectivity index (χ0) is 9.68. The molecule has 0 saturated heterocycles. The van der Waals surface area contributed by atoms with Gasteiger partial charge in [0, 0.05) is 20.7 Å². The highest BCUT2D eigenvalue weighted by molar-refractivity contribution is 4.91. The Balaban J connectivity index is 2.32. The summed E-state index contributed by atoms with van der Waals surface area (Å²) < 4.78 is 6.88. The first-order valence-corrected chi connectivity index (χ1v) is 4.30. The van der Waals surface area contributed by atoms with Gasteiger partial charge in [0.05, 0.1) is 13.2 Å². The summed E-state index contributed by atoms with van der Waals surface area (Å²) in [4.78, 5) is 0. The standard InChI is InChI=1S/C8H16N4O/c1-7-10-11-8(12(7)2)6-9-4-5-13-3/h9H,4-6H2,1-3H3. The molecule has 5 nitrogen and oxygen atoms in total. The van der Waals surface area contributed by atoms with Crippen molar-refractivity contribution in [3.63, 3.8) is 0 Å². The Morgan fingerprint density at radius 3 is 2.77 bits per heavy atom. The van der Waals surface area contributed by atoms with E-state index >= 15 is 0 Å². The molecule has 74 valence electrons. The highest BCUT2D eigenvalue weighted by atomic mass is 16.5. The number of hydrogen-bond acceptors (Lipinski definition) is 4. The summed E-state index contributed by atoms with van der Waals surface area (Å²) in [6, 6.07) is 0. The van der Waals surface area contributed by atoms with Crippen molar-refractivity contribution in [3.8, 4) is 0 Å². The second-order valence-corrected chi connectivity index (χ2v) is 2.89. The Kier molecular flexibility index (Phi) is 3.85. The molecule has 0 aliphatic heterocycles. The second-order valence-electron chi connectivity index (χ2n) is 2.89. The number of nitrogens with zero attached hydrogens (tertiary/aromatic N) is 3. The third-order valence-corrected chi connectivity index (χ3v) is 1.95. The van der Waals surface area contributed by atoms with Gasteiger partial charge in [-0.05, 0) is 6.92 Å². The lowest BCUT2D eigenvalue weighted by Crippen LogP contribution is -2.20. The average Bonchev–Trinajstić information content (AvgIpc) is 2.43. The number of aromatic nitrogens is 3. The molecule has 0 atom stereocenters. The Labute approximate surface area is 78.1 Å². The zero-order valence-corrected chi connectivity index (χ0v) is 8.37. The van der Waals surface area contributed by atoms with E-state index in [0.717, 1.165) is 31.3 Å². The number of rotatable bonds is 5. The molecule has 0 fully saturated rings. The monoisotopic (exact) mass is 184 g/mol. The van der Waals surface area contributed by atoms with Crippen LogP contribution in [0.25, 0.3) is 0 Å². The predicted octanol–water partition coefficient (Wildman–Crippen LogP) is -0.140. The Morgan fingerprint density at radius 2 is 2.23 bits per heavy atom. The van der Waals surface area contributed by atoms with E-state index in [1.54, 1.807) is 7.11 Å². The van der Waals surface area contributed by atoms with Crippen LogP contribution < -0.4 is 5.32 Å². The van der Waals surface area contributed by atoms with Crippen LogP contribution in [-0.2, 0) is 18.3 Å². The molecule has 0 saturated carbocycles. The van der Waals surface area contributed by atoms with Crippen molar-refractivity contribution in [1.29, 1.82) is 0 Å². The topological polar surface area (TPSA) is 52.0 Å². The largest absolute Gasteiger partial charge is 0.383 e. The van der Waals surface area contributed by atoms with Crippen molar-refractivity contribution in [2.45, 2.75) is 13.5 Å². The lowest BCUT2D eigenvalue weighted by Gasteiger charge is -2.03. The van der Waals surface area contributed by atoms with Crippen LogP contribution in [0.15, 0.2) is 0 Å². The van der Waals surface area contributed by atoms with Gasteiger partial charge < -0.3 is 14.6 Å². The minimum absolute atomic E-state index is 0.719. The summed E-state index contributed by atoms with van der Waals surface area (Å²) in [5.74, 6) is 1.89. The maximum atomic E-state index is 4.91. The lowest BCUT2D eigenvalue weighted by molar-refractivity contribution is 0.199. The van der Waals surface area contributed by atoms with E-state index in [4.69, 9.17) is 4.74 Å². The summed E-state index contributed by atoms with van der Waals surface area (Å²) in [5.41, 5.74) is 0. The first kappa shape index (κ1) is 10.1. The smallest absolute Gasteiger partial charge is 0.146 e. The SMILES string of the molecule is COCCNCc1nnc(C)n1C. The Hall–Kier alpha value is -0.940. The molecular formula is C8H16N4O. The van der Waals surface area contributed by atoms with Crippen LogP contribution in [0.5, 0.6) is 0 Å². The molecule has 0 aromatic carbocycles. The molecule has 0 unspecified atom stereocenters. The van der Waals surface area contributed by atoms with Crippen LogP contribution in [0.4, 0.5) is 0 Å². The normalized spacial score (nSPS) is 10.7. The zero-order valence-electron chi connectivity index (χ0n) is 8.37. The maximum Gasteiger partial charge on any atom is 0.146 e. The van der Waals surface area contributed by atoms with Gasteiger partial charge in [-0.1, -0.05) is 0 Å². The van der Waals surface area contributed by atoms with Gasteiger partial charge in [0.2, 0.25) is 0 Å². The first-order valence-electron chi connectivity index (χ1n) is 4.30. The highest BCUT2D eigenvalue weighted by Crippen LogP contribution is 1.95. The fraction of sp³-hybridized carbons (Fsp3) is 0.750. The molecular weight excluding hydrogens is 168 g/mol. The molecule has 1 rings (SSSR count). The fourth-order valence-corrected chi connectivity index (χ4v) is 0.979. The van der Waals surface area contributed by atoms with Crippen LogP contribution in [0.3, 0.4) is 0 Å². The van der Waals surface area contributed by atoms with Crippen LogP contribution >= 0.6 is 0 Å². The van der Waals surface area contributed by atoms with Crippen molar-refractivity contribution >= 4 is 0 Å². The number of nitrogens with one attached hydrogen (secondary N) is 1. The molecule has 0 amide bonds. The molecule has 0 aliphatic carbocycles. The fourth-order valence-electron chi connectivity index (χ4n) is 0.979. The van der Waals surface area contributed by atoms with Crippen molar-refractivity contribution in [1.82, 2.24) is 20.1 Å². The molecule has 1 aromatic heterocycles. The van der Waals surface area contributed by atoms with Gasteiger partial charge in [-0.25, -0.2) is 0 Å². The van der Waals surface area contributed by atoms with E-state index in [2.05, 4.69) is 15.5 Å². The van der Waals surface area contributed by atoms with E-state index in [-0.39, 0.29) is 0 Å². The highest BCUT2D eigenvalue weighted by Gasteiger charge is 2.02. The van der Waals surface area contributed by atoms with Crippen LogP contribution in [-0.4, -0.2) is 35.0 Å². The van der Waals surface area contributed by atoms with Gasteiger partial charge in [0.25, 0.3) is 0 Å². The molecule has 0 radical (unpaired) electrons. The number of methoxy groups -OCH3 is 1. The summed E-state index contributed by atoms with van der Waals surface area (Å²) in [6.07, 6.45) is 0. The van der Waals surface area contributed by atoms with E-state index in [1.807, 2.05) is 18.5 Å². The molecule has 0 aliphatic rings. The quantitative estimate of drug-likeness (QED) is 0.647. The minimum Gasteiger partial charge on any atom is -0.383 e. The van der Waals surface area contributed by atoms with Gasteiger partial charge >= 0.3 is 0 Å². The van der Waals surface area contributed by atoms with E-state index in [1.165, 1.54) is 0 Å². The predicted molar refractivity (Wildman–Crippen MR) is 49.3 cm³/mol. The Morgan fingerprint density at radius 1 is 1.46 bits per heavy atom. The van der Waals surface area contributed by atoms with E-state index in [9.17, 15) is 0 Å². The number of hydrogen-bond donors (Lipinski definition) is 1. The molecule has 0 spiro atoms. The molecule has 1 N–H and O–H groups in total. The molecule has 1 aromatic rings.